The molecule has 0 saturated carbocycles. The van der Waals surface area contributed by atoms with Crippen molar-refractivity contribution in [1.29, 1.82) is 0 Å². The lowest BCUT2D eigenvalue weighted by Crippen LogP contribution is -2.36. The Labute approximate surface area is 193 Å². The molecule has 3 N–H and O–H groups in total. The van der Waals surface area contributed by atoms with Crippen molar-refractivity contribution in [3.63, 3.8) is 0 Å². The molecule has 2 heterocycles. The van der Waals surface area contributed by atoms with E-state index < -0.39 is 6.29 Å². The fraction of sp³-hybridized carbons (Fsp3) is 0.385. The molecule has 0 unspecified atom stereocenters. The highest BCUT2D eigenvalue weighted by Crippen LogP contribution is 2.36. The number of nitrogens with zero attached hydrogens (tertiary/aromatic N) is 1. The number of amides is 1. The van der Waals surface area contributed by atoms with Gasteiger partial charge in [-0.25, -0.2) is 4.98 Å². The van der Waals surface area contributed by atoms with Gasteiger partial charge in [-0.15, -0.1) is 0 Å². The summed E-state index contributed by atoms with van der Waals surface area (Å²) in [5.74, 6) is 0.802. The number of aliphatic hydroxyl groups excluding tert-OH is 1. The molecule has 0 radical (unpaired) electrons. The van der Waals surface area contributed by atoms with Gasteiger partial charge in [0.1, 0.15) is 5.82 Å². The Morgan fingerprint density at radius 3 is 2.61 bits per heavy atom. The zero-order valence-electron chi connectivity index (χ0n) is 19.3. The third-order valence-corrected chi connectivity index (χ3v) is 5.89. The Morgan fingerprint density at radius 1 is 1.18 bits per heavy atom. The van der Waals surface area contributed by atoms with Gasteiger partial charge < -0.3 is 24.9 Å². The zero-order chi connectivity index (χ0) is 23.4. The number of carbonyl (C=O) groups is 1. The third-order valence-electron chi connectivity index (χ3n) is 5.89. The minimum atomic E-state index is -0.524. The molecule has 33 heavy (non-hydrogen) atoms. The van der Waals surface area contributed by atoms with Gasteiger partial charge in [0.25, 0.3) is 5.91 Å². The van der Waals surface area contributed by atoms with Crippen LogP contribution in [0.2, 0.25) is 0 Å². The number of hydrogen-bond acceptors (Lipinski definition) is 5. The average molecular weight is 450 g/mol. The van der Waals surface area contributed by atoms with E-state index in [0.29, 0.717) is 18.9 Å². The van der Waals surface area contributed by atoms with Crippen LogP contribution in [0.25, 0.3) is 11.0 Å². The van der Waals surface area contributed by atoms with Crippen molar-refractivity contribution >= 4 is 16.9 Å². The molecule has 1 aliphatic rings. The zero-order valence-corrected chi connectivity index (χ0v) is 19.3. The molecule has 0 saturated heterocycles. The number of aromatic amines is 1. The molecule has 7 heteroatoms. The minimum Gasteiger partial charge on any atom is -0.459 e. The summed E-state index contributed by atoms with van der Waals surface area (Å²) in [5.41, 5.74) is 3.59. The Morgan fingerprint density at radius 2 is 1.91 bits per heavy atom. The van der Waals surface area contributed by atoms with Gasteiger partial charge in [-0.3, -0.25) is 4.79 Å². The highest BCUT2D eigenvalue weighted by Gasteiger charge is 2.34. The SMILES string of the molecule is CC(C)(C)[C@@H]1C=C(C(=O)NCc2nc3ccccc3[nH]2)O[C@H](OCc2ccc(CO)cc2)C1. The number of ether oxygens (including phenoxy) is 2. The van der Waals surface area contributed by atoms with Gasteiger partial charge in [0.2, 0.25) is 6.29 Å². The monoisotopic (exact) mass is 449 g/mol. The number of nitrogens with one attached hydrogen (secondary N) is 2. The maximum atomic E-state index is 12.9. The lowest BCUT2D eigenvalue weighted by molar-refractivity contribution is -0.157. The van der Waals surface area contributed by atoms with Crippen LogP contribution in [0.4, 0.5) is 0 Å². The fourth-order valence-electron chi connectivity index (χ4n) is 3.79. The maximum Gasteiger partial charge on any atom is 0.286 e. The first kappa shape index (κ1) is 23.0. The van der Waals surface area contributed by atoms with Crippen LogP contribution >= 0.6 is 0 Å². The molecule has 3 aromatic rings. The molecule has 7 nitrogen and oxygen atoms in total. The Kier molecular flexibility index (Phi) is 6.81. The maximum absolute atomic E-state index is 12.9. The molecule has 1 amide bonds. The molecule has 4 rings (SSSR count). The Bertz CT molecular complexity index is 1100. The smallest absolute Gasteiger partial charge is 0.286 e. The van der Waals surface area contributed by atoms with Gasteiger partial charge in [0, 0.05) is 6.42 Å². The quantitative estimate of drug-likeness (QED) is 0.503. The fourth-order valence-corrected chi connectivity index (χ4v) is 3.79. The normalized spacial score (nSPS) is 18.6. The second-order valence-electron chi connectivity index (χ2n) is 9.46. The van der Waals surface area contributed by atoms with Gasteiger partial charge in [-0.05, 0) is 40.7 Å². The van der Waals surface area contributed by atoms with Crippen LogP contribution in [0, 0.1) is 11.3 Å². The number of hydrogen-bond donors (Lipinski definition) is 3. The number of aliphatic hydroxyl groups is 1. The molecular formula is C26H31N3O4. The van der Waals surface area contributed by atoms with Crippen molar-refractivity contribution in [2.75, 3.05) is 0 Å². The molecule has 0 spiro atoms. The van der Waals surface area contributed by atoms with Crippen molar-refractivity contribution in [1.82, 2.24) is 15.3 Å². The lowest BCUT2D eigenvalue weighted by Gasteiger charge is -2.35. The summed E-state index contributed by atoms with van der Waals surface area (Å²) in [5, 5.41) is 12.1. The standard InChI is InChI=1S/C26H31N3O4/c1-26(2,3)19-12-22(25(31)27-14-23-28-20-6-4-5-7-21(20)29-23)33-24(13-19)32-16-18-10-8-17(15-30)9-11-18/h4-12,19,24,30H,13-16H2,1-3H3,(H,27,31)(H,28,29)/t19-,24+/m1/s1. The number of aromatic nitrogens is 2. The van der Waals surface area contributed by atoms with Crippen LogP contribution in [0.1, 0.15) is 44.1 Å². The van der Waals surface area contributed by atoms with Crippen molar-refractivity contribution in [2.24, 2.45) is 11.3 Å². The summed E-state index contributed by atoms with van der Waals surface area (Å²) in [7, 11) is 0. The summed E-state index contributed by atoms with van der Waals surface area (Å²) < 4.78 is 12.0. The molecule has 0 fully saturated rings. The largest absolute Gasteiger partial charge is 0.459 e. The molecule has 2 aromatic carbocycles. The van der Waals surface area contributed by atoms with E-state index in [9.17, 15) is 9.90 Å². The van der Waals surface area contributed by atoms with Crippen molar-refractivity contribution in [3.8, 4) is 0 Å². The second-order valence-corrected chi connectivity index (χ2v) is 9.46. The van der Waals surface area contributed by atoms with Crippen LogP contribution in [0.5, 0.6) is 0 Å². The first-order chi connectivity index (χ1) is 15.8. The number of H-pyrrole nitrogens is 1. The van der Waals surface area contributed by atoms with E-state index in [1.54, 1.807) is 0 Å². The molecule has 1 aromatic heterocycles. The predicted octanol–water partition coefficient (Wildman–Crippen LogP) is 4.18. The van der Waals surface area contributed by atoms with Gasteiger partial charge in [0.05, 0.1) is 30.8 Å². The van der Waals surface area contributed by atoms with E-state index in [1.165, 1.54) is 0 Å². The molecule has 0 bridgehead atoms. The number of rotatable bonds is 7. The number of carbonyl (C=O) groups excluding carboxylic acids is 1. The number of benzene rings is 2. The third kappa shape index (κ3) is 5.80. The highest BCUT2D eigenvalue weighted by molar-refractivity contribution is 5.91. The van der Waals surface area contributed by atoms with Crippen molar-refractivity contribution in [2.45, 2.75) is 53.2 Å². The molecule has 1 aliphatic heterocycles. The van der Waals surface area contributed by atoms with Gasteiger partial charge in [-0.1, -0.05) is 57.2 Å². The topological polar surface area (TPSA) is 96.5 Å². The van der Waals surface area contributed by atoms with Crippen molar-refractivity contribution in [3.05, 3.63) is 77.3 Å². The summed E-state index contributed by atoms with van der Waals surface area (Å²) in [6, 6.07) is 15.3. The Balaban J connectivity index is 1.40. The van der Waals surface area contributed by atoms with E-state index >= 15 is 0 Å². The lowest BCUT2D eigenvalue weighted by atomic mass is 9.77. The number of allylic oxidation sites excluding steroid dienone is 1. The van der Waals surface area contributed by atoms with Gasteiger partial charge in [-0.2, -0.15) is 0 Å². The second kappa shape index (κ2) is 9.77. The van der Waals surface area contributed by atoms with Gasteiger partial charge in [0.15, 0.2) is 5.76 Å². The Hall–Kier alpha value is -3.16. The van der Waals surface area contributed by atoms with Gasteiger partial charge >= 0.3 is 0 Å². The van der Waals surface area contributed by atoms with E-state index in [2.05, 4.69) is 36.1 Å². The number of para-hydroxylation sites is 2. The molecule has 2 atom stereocenters. The molecule has 0 aliphatic carbocycles. The van der Waals surface area contributed by atoms with Crippen LogP contribution in [-0.4, -0.2) is 27.3 Å². The van der Waals surface area contributed by atoms with Crippen molar-refractivity contribution < 1.29 is 19.4 Å². The number of imidazole rings is 1. The predicted molar refractivity (Wildman–Crippen MR) is 126 cm³/mol. The highest BCUT2D eigenvalue weighted by atomic mass is 16.7. The summed E-state index contributed by atoms with van der Waals surface area (Å²) in [6.07, 6.45) is 2.05. The molecular weight excluding hydrogens is 418 g/mol. The minimum absolute atomic E-state index is 0.0113. The summed E-state index contributed by atoms with van der Waals surface area (Å²) in [4.78, 5) is 20.6. The van der Waals surface area contributed by atoms with E-state index in [1.807, 2.05) is 54.6 Å². The van der Waals surface area contributed by atoms with Crippen LogP contribution in [-0.2, 0) is 34.0 Å². The first-order valence-electron chi connectivity index (χ1n) is 11.2. The average Bonchev–Trinajstić information content (AvgIpc) is 3.24. The first-order valence-corrected chi connectivity index (χ1v) is 11.2. The van der Waals surface area contributed by atoms with E-state index in [0.717, 1.165) is 22.2 Å². The summed E-state index contributed by atoms with van der Waals surface area (Å²) >= 11 is 0. The van der Waals surface area contributed by atoms with Crippen LogP contribution in [0.3, 0.4) is 0 Å². The van der Waals surface area contributed by atoms with Crippen LogP contribution < -0.4 is 5.32 Å². The molecule has 174 valence electrons. The van der Waals surface area contributed by atoms with Crippen LogP contribution in [0.15, 0.2) is 60.4 Å². The number of fused-ring (bicyclic) bond motifs is 1. The van der Waals surface area contributed by atoms with E-state index in [4.69, 9.17) is 9.47 Å². The van der Waals surface area contributed by atoms with E-state index in [-0.39, 0.29) is 36.2 Å². The summed E-state index contributed by atoms with van der Waals surface area (Å²) in [6.45, 7) is 7.09.